The highest BCUT2D eigenvalue weighted by Crippen LogP contribution is 2.54. The van der Waals surface area contributed by atoms with Gasteiger partial charge in [0.2, 0.25) is 0 Å². The molecule has 0 saturated carbocycles. The SMILES string of the molecule is Cc1cc2c(C(C)C)c(O)c(O)c(/C=N/N3CCCC3Cc3ccco3)c2c(O)c1-c1c(C)cc2c(C(C)C)c(O)c(O)c(/C=N/N3C(C)CCC3Cc3ccco3)c2c1O. The lowest BCUT2D eigenvalue weighted by atomic mass is 9.83. The van der Waals surface area contributed by atoms with E-state index in [1.165, 1.54) is 12.4 Å². The van der Waals surface area contributed by atoms with Gasteiger partial charge in [0.25, 0.3) is 0 Å². The normalized spacial score (nSPS) is 18.5. The Morgan fingerprint density at radius 2 is 1.15 bits per heavy atom. The van der Waals surface area contributed by atoms with Crippen LogP contribution in [0.3, 0.4) is 0 Å². The quantitative estimate of drug-likeness (QED) is 0.0544. The van der Waals surface area contributed by atoms with Crippen LogP contribution < -0.4 is 0 Å². The summed E-state index contributed by atoms with van der Waals surface area (Å²) < 4.78 is 11.3. The minimum Gasteiger partial charge on any atom is -0.507 e. The van der Waals surface area contributed by atoms with Crippen molar-refractivity contribution in [1.82, 2.24) is 10.0 Å². The molecule has 12 nitrogen and oxygen atoms in total. The number of rotatable bonds is 11. The lowest BCUT2D eigenvalue weighted by Crippen LogP contribution is -2.31. The van der Waals surface area contributed by atoms with Gasteiger partial charge in [0.15, 0.2) is 23.0 Å². The van der Waals surface area contributed by atoms with Gasteiger partial charge >= 0.3 is 0 Å². The fraction of sp³-hybridized carbons (Fsp3) is 0.388. The van der Waals surface area contributed by atoms with Crippen LogP contribution in [-0.4, -0.2) is 77.8 Å². The Balaban J connectivity index is 1.32. The monoisotopic (exact) mass is 828 g/mol. The number of hydrogen-bond acceptors (Lipinski definition) is 12. The van der Waals surface area contributed by atoms with Crippen LogP contribution >= 0.6 is 0 Å². The van der Waals surface area contributed by atoms with Crippen molar-refractivity contribution >= 4 is 34.0 Å². The molecule has 2 saturated heterocycles. The molecule has 3 unspecified atom stereocenters. The molecule has 3 atom stereocenters. The van der Waals surface area contributed by atoms with Gasteiger partial charge < -0.3 is 39.5 Å². The molecule has 0 spiro atoms. The second-order valence-electron chi connectivity index (χ2n) is 17.5. The summed E-state index contributed by atoms with van der Waals surface area (Å²) in [5.41, 5.74) is 3.02. The van der Waals surface area contributed by atoms with Crippen molar-refractivity contribution < 1.29 is 39.5 Å². The van der Waals surface area contributed by atoms with Crippen LogP contribution in [-0.2, 0) is 12.8 Å². The van der Waals surface area contributed by atoms with Gasteiger partial charge in [-0.15, -0.1) is 0 Å². The highest BCUT2D eigenvalue weighted by atomic mass is 16.3. The van der Waals surface area contributed by atoms with E-state index in [4.69, 9.17) is 19.0 Å². The number of nitrogens with zero attached hydrogens (tertiary/aromatic N) is 4. The van der Waals surface area contributed by atoms with Gasteiger partial charge in [0.1, 0.15) is 23.0 Å². The van der Waals surface area contributed by atoms with Crippen LogP contribution in [0.4, 0.5) is 0 Å². The number of aryl methyl sites for hydroxylation is 2. The number of furan rings is 2. The summed E-state index contributed by atoms with van der Waals surface area (Å²) in [6.07, 6.45) is 11.2. The molecule has 0 amide bonds. The van der Waals surface area contributed by atoms with Crippen LogP contribution in [0, 0.1) is 13.8 Å². The van der Waals surface area contributed by atoms with Crippen molar-refractivity contribution in [3.05, 3.63) is 93.8 Å². The number of aromatic hydroxyl groups is 6. The van der Waals surface area contributed by atoms with E-state index < -0.39 is 11.5 Å². The number of phenols is 6. The first-order valence-corrected chi connectivity index (χ1v) is 21.3. The average molecular weight is 829 g/mol. The van der Waals surface area contributed by atoms with E-state index in [9.17, 15) is 30.6 Å². The van der Waals surface area contributed by atoms with Crippen molar-refractivity contribution in [1.29, 1.82) is 0 Å². The van der Waals surface area contributed by atoms with E-state index in [0.717, 1.165) is 37.2 Å². The lowest BCUT2D eigenvalue weighted by molar-refractivity contribution is 0.206. The van der Waals surface area contributed by atoms with Crippen molar-refractivity contribution in [2.45, 2.75) is 117 Å². The molecule has 2 aliphatic heterocycles. The molecule has 0 aliphatic carbocycles. The first-order valence-electron chi connectivity index (χ1n) is 21.3. The highest BCUT2D eigenvalue weighted by Gasteiger charge is 2.33. The number of fused-ring (bicyclic) bond motifs is 2. The van der Waals surface area contributed by atoms with E-state index in [2.05, 4.69) is 6.92 Å². The number of phenolic OH excluding ortho intramolecular Hbond substituents is 6. The summed E-state index contributed by atoms with van der Waals surface area (Å²) in [6.45, 7) is 14.1. The molecule has 12 heteroatoms. The van der Waals surface area contributed by atoms with E-state index in [-0.39, 0.29) is 74.9 Å². The zero-order chi connectivity index (χ0) is 43.4. The molecular weight excluding hydrogens is 773 g/mol. The van der Waals surface area contributed by atoms with Crippen molar-refractivity contribution in [3.8, 4) is 45.6 Å². The Morgan fingerprint density at radius 1 is 0.656 bits per heavy atom. The predicted octanol–water partition coefficient (Wildman–Crippen LogP) is 10.4. The summed E-state index contributed by atoms with van der Waals surface area (Å²) in [6, 6.07) is 11.5. The molecule has 6 N–H and O–H groups in total. The van der Waals surface area contributed by atoms with Crippen LogP contribution in [0.2, 0.25) is 0 Å². The highest BCUT2D eigenvalue weighted by molar-refractivity contribution is 6.15. The molecule has 6 aromatic rings. The van der Waals surface area contributed by atoms with Gasteiger partial charge in [-0.2, -0.15) is 10.2 Å². The van der Waals surface area contributed by atoms with E-state index >= 15 is 0 Å². The summed E-state index contributed by atoms with van der Waals surface area (Å²) in [5, 5.41) is 87.0. The fourth-order valence-corrected chi connectivity index (χ4v) is 9.84. The second kappa shape index (κ2) is 16.3. The summed E-state index contributed by atoms with van der Waals surface area (Å²) in [4.78, 5) is 0. The Kier molecular flexibility index (Phi) is 11.1. The lowest BCUT2D eigenvalue weighted by Gasteiger charge is -2.26. The largest absolute Gasteiger partial charge is 0.507 e. The molecule has 4 aromatic carbocycles. The molecule has 2 aromatic heterocycles. The first kappa shape index (κ1) is 41.4. The molecule has 8 rings (SSSR count). The zero-order valence-corrected chi connectivity index (χ0v) is 35.9. The maximum Gasteiger partial charge on any atom is 0.167 e. The fourth-order valence-electron chi connectivity index (χ4n) is 9.84. The average Bonchev–Trinajstić information content (AvgIpc) is 4.05. The third-order valence-corrected chi connectivity index (χ3v) is 12.8. The van der Waals surface area contributed by atoms with E-state index in [0.29, 0.717) is 63.5 Å². The number of hydrazone groups is 2. The topological polar surface area (TPSA) is 179 Å². The van der Waals surface area contributed by atoms with Crippen LogP contribution in [0.15, 0.2) is 68.0 Å². The smallest absolute Gasteiger partial charge is 0.167 e. The standard InChI is InChI=1S/C49H56N4O8/c1-25(2)38-34-19-27(5)40(46(56)42(34)36(44(54)48(38)58)23-50-52-16-8-11-30(52)21-32-12-9-17-60-32)41-28(6)20-35-39(26(3)4)49(59)45(55)37(43(35)47(41)57)24-51-53-29(7)14-15-31(53)22-33-13-10-18-61-33/h9-10,12-13,17-20,23-26,29-31,54-59H,8,11,14-16,21-22H2,1-7H3/b50-23+,51-24+. The van der Waals surface area contributed by atoms with Gasteiger partial charge in [-0.1, -0.05) is 39.8 Å². The van der Waals surface area contributed by atoms with Crippen LogP contribution in [0.5, 0.6) is 34.5 Å². The van der Waals surface area contributed by atoms with Crippen LogP contribution in [0.25, 0.3) is 32.7 Å². The number of hydrogen-bond donors (Lipinski definition) is 6. The van der Waals surface area contributed by atoms with Gasteiger partial charge in [-0.25, -0.2) is 0 Å². The van der Waals surface area contributed by atoms with E-state index in [1.54, 1.807) is 12.5 Å². The van der Waals surface area contributed by atoms with Gasteiger partial charge in [-0.05, 0) is 104 Å². The number of benzene rings is 4. The predicted molar refractivity (Wildman–Crippen MR) is 239 cm³/mol. The Labute approximate surface area is 355 Å². The third kappa shape index (κ3) is 7.25. The van der Waals surface area contributed by atoms with Crippen molar-refractivity contribution in [2.75, 3.05) is 6.54 Å². The summed E-state index contributed by atoms with van der Waals surface area (Å²) >= 11 is 0. The molecular formula is C49H56N4O8. The summed E-state index contributed by atoms with van der Waals surface area (Å²) in [7, 11) is 0. The molecule has 320 valence electrons. The van der Waals surface area contributed by atoms with Crippen molar-refractivity contribution in [3.63, 3.8) is 0 Å². The maximum atomic E-state index is 12.6. The van der Waals surface area contributed by atoms with Gasteiger partial charge in [0.05, 0.1) is 48.2 Å². The second-order valence-corrected chi connectivity index (χ2v) is 17.5. The molecule has 2 aliphatic rings. The molecule has 2 fully saturated rings. The zero-order valence-electron chi connectivity index (χ0n) is 35.9. The van der Waals surface area contributed by atoms with Crippen molar-refractivity contribution in [2.24, 2.45) is 10.2 Å². The molecule has 4 heterocycles. The van der Waals surface area contributed by atoms with E-state index in [1.807, 2.05) is 88.0 Å². The van der Waals surface area contributed by atoms with Gasteiger partial charge in [-0.3, -0.25) is 10.0 Å². The molecule has 0 bridgehead atoms. The minimum atomic E-state index is -0.410. The third-order valence-electron chi connectivity index (χ3n) is 12.8. The molecule has 61 heavy (non-hydrogen) atoms. The Bertz CT molecular complexity index is 2660. The minimum absolute atomic E-state index is 0.0367. The van der Waals surface area contributed by atoms with Crippen LogP contribution in [0.1, 0.15) is 117 Å². The maximum absolute atomic E-state index is 12.6. The Hall–Kier alpha value is -6.30. The summed E-state index contributed by atoms with van der Waals surface area (Å²) in [5.74, 6) is -0.598. The Morgan fingerprint density at radius 3 is 1.62 bits per heavy atom. The van der Waals surface area contributed by atoms with Gasteiger partial charge in [0, 0.05) is 58.5 Å². The molecule has 0 radical (unpaired) electrons. The first-order chi connectivity index (χ1) is 29.2.